The first kappa shape index (κ1) is 23.3. The van der Waals surface area contributed by atoms with Crippen LogP contribution in [0.3, 0.4) is 0 Å². The number of aryl methyl sites for hydroxylation is 1. The Labute approximate surface area is 203 Å². The number of alkyl halides is 3. The van der Waals surface area contributed by atoms with E-state index in [1.807, 2.05) is 0 Å². The predicted molar refractivity (Wildman–Crippen MR) is 120 cm³/mol. The number of nitrogens with one attached hydrogen (secondary N) is 1. The Bertz CT molecular complexity index is 1400. The smallest absolute Gasteiger partial charge is 0.491 e. The molecular formula is C25H19F3N4O4. The lowest BCUT2D eigenvalue weighted by Crippen LogP contribution is -2.50. The number of carbonyl (C=O) groups excluding carboxylic acids is 1. The van der Waals surface area contributed by atoms with Crippen LogP contribution in [-0.2, 0) is 5.54 Å². The standard InChI is InChI=1S/C25H19F3N4O4/c1-15-30-22(32-36-15)16-4-2-5-17(14-16)23(33)31-24(11-13-34-20-6-3-12-29-21(20)24)18-7-9-19(10-8-18)35-25(26,27)28/h2-10,12,14H,11,13H2,1H3,(H,31,33). The summed E-state index contributed by atoms with van der Waals surface area (Å²) in [5, 5.41) is 6.95. The molecule has 0 aliphatic carbocycles. The van der Waals surface area contributed by atoms with Gasteiger partial charge in [0.15, 0.2) is 0 Å². The first-order chi connectivity index (χ1) is 17.2. The number of rotatable bonds is 5. The van der Waals surface area contributed by atoms with Crippen molar-refractivity contribution in [2.45, 2.75) is 25.2 Å². The topological polar surface area (TPSA) is 99.4 Å². The average molecular weight is 496 g/mol. The minimum Gasteiger partial charge on any atom is -0.491 e. The van der Waals surface area contributed by atoms with Crippen molar-refractivity contribution in [3.8, 4) is 22.9 Å². The molecule has 11 heteroatoms. The molecule has 0 saturated heterocycles. The third-order valence-electron chi connectivity index (χ3n) is 5.73. The summed E-state index contributed by atoms with van der Waals surface area (Å²) in [4.78, 5) is 22.2. The summed E-state index contributed by atoms with van der Waals surface area (Å²) in [6.45, 7) is 1.92. The summed E-state index contributed by atoms with van der Waals surface area (Å²) < 4.78 is 52.8. The van der Waals surface area contributed by atoms with Gasteiger partial charge in [0.2, 0.25) is 11.7 Å². The van der Waals surface area contributed by atoms with Crippen molar-refractivity contribution >= 4 is 5.91 Å². The number of fused-ring (bicyclic) bond motifs is 1. The molecular weight excluding hydrogens is 477 g/mol. The summed E-state index contributed by atoms with van der Waals surface area (Å²) >= 11 is 0. The molecule has 2 aromatic heterocycles. The van der Waals surface area contributed by atoms with Crippen LogP contribution < -0.4 is 14.8 Å². The van der Waals surface area contributed by atoms with Crippen molar-refractivity contribution in [2.24, 2.45) is 0 Å². The van der Waals surface area contributed by atoms with Crippen LogP contribution in [0.2, 0.25) is 0 Å². The Morgan fingerprint density at radius 1 is 1.11 bits per heavy atom. The van der Waals surface area contributed by atoms with Crippen molar-refractivity contribution < 1.29 is 32.0 Å². The molecule has 5 rings (SSSR count). The highest BCUT2D eigenvalue weighted by Crippen LogP contribution is 2.41. The van der Waals surface area contributed by atoms with Gasteiger partial charge in [0.25, 0.3) is 5.91 Å². The number of ether oxygens (including phenoxy) is 2. The summed E-state index contributed by atoms with van der Waals surface area (Å²) in [6.07, 6.45) is -2.96. The molecule has 0 radical (unpaired) electrons. The van der Waals surface area contributed by atoms with E-state index in [2.05, 4.69) is 25.2 Å². The van der Waals surface area contributed by atoms with Crippen LogP contribution in [0.15, 0.2) is 71.4 Å². The monoisotopic (exact) mass is 496 g/mol. The van der Waals surface area contributed by atoms with E-state index in [1.165, 1.54) is 24.3 Å². The van der Waals surface area contributed by atoms with Gasteiger partial charge in [-0.05, 0) is 42.0 Å². The van der Waals surface area contributed by atoms with Gasteiger partial charge >= 0.3 is 6.36 Å². The molecule has 2 aromatic carbocycles. The number of halogens is 3. The molecule has 0 saturated carbocycles. The molecule has 4 aromatic rings. The van der Waals surface area contributed by atoms with E-state index in [4.69, 9.17) is 9.26 Å². The second kappa shape index (κ2) is 8.99. The van der Waals surface area contributed by atoms with Crippen molar-refractivity contribution in [3.63, 3.8) is 0 Å². The SMILES string of the molecule is Cc1nc(-c2cccc(C(=O)NC3(c4ccc(OC(F)(F)F)cc4)CCOc4cccnc43)c2)no1. The molecule has 0 fully saturated rings. The van der Waals surface area contributed by atoms with E-state index in [-0.39, 0.29) is 12.4 Å². The van der Waals surface area contributed by atoms with Crippen LogP contribution in [0.4, 0.5) is 13.2 Å². The molecule has 1 aliphatic rings. The van der Waals surface area contributed by atoms with Crippen LogP contribution >= 0.6 is 0 Å². The summed E-state index contributed by atoms with van der Waals surface area (Å²) in [6, 6.07) is 15.5. The first-order valence-corrected chi connectivity index (χ1v) is 10.9. The van der Waals surface area contributed by atoms with Crippen LogP contribution in [0.1, 0.15) is 33.9 Å². The molecule has 1 N–H and O–H groups in total. The quantitative estimate of drug-likeness (QED) is 0.424. The highest BCUT2D eigenvalue weighted by molar-refractivity contribution is 5.96. The van der Waals surface area contributed by atoms with E-state index in [1.54, 1.807) is 49.5 Å². The fraction of sp³-hybridized carbons (Fsp3) is 0.200. The lowest BCUT2D eigenvalue weighted by atomic mass is 9.81. The van der Waals surface area contributed by atoms with Crippen molar-refractivity contribution in [2.75, 3.05) is 6.61 Å². The Kier molecular flexibility index (Phi) is 5.83. The van der Waals surface area contributed by atoms with Gasteiger partial charge in [-0.2, -0.15) is 4.98 Å². The van der Waals surface area contributed by atoms with E-state index < -0.39 is 17.8 Å². The number of pyridine rings is 1. The number of carbonyl (C=O) groups is 1. The maximum Gasteiger partial charge on any atom is 0.573 e. The average Bonchev–Trinajstić information content (AvgIpc) is 3.30. The Balaban J connectivity index is 1.53. The molecule has 8 nitrogen and oxygen atoms in total. The van der Waals surface area contributed by atoms with E-state index in [9.17, 15) is 18.0 Å². The van der Waals surface area contributed by atoms with Gasteiger partial charge in [-0.25, -0.2) is 0 Å². The van der Waals surface area contributed by atoms with E-state index in [0.29, 0.717) is 46.3 Å². The number of aromatic nitrogens is 3. The van der Waals surface area contributed by atoms with Gasteiger partial charge in [-0.3, -0.25) is 9.78 Å². The minimum absolute atomic E-state index is 0.252. The fourth-order valence-corrected chi connectivity index (χ4v) is 4.16. The number of benzene rings is 2. The van der Waals surface area contributed by atoms with Crippen LogP contribution in [0.5, 0.6) is 11.5 Å². The highest BCUT2D eigenvalue weighted by atomic mass is 19.4. The number of amides is 1. The van der Waals surface area contributed by atoms with Crippen molar-refractivity contribution in [1.29, 1.82) is 0 Å². The number of nitrogens with zero attached hydrogens (tertiary/aromatic N) is 3. The first-order valence-electron chi connectivity index (χ1n) is 10.9. The van der Waals surface area contributed by atoms with E-state index >= 15 is 0 Å². The second-order valence-electron chi connectivity index (χ2n) is 8.10. The Hall–Kier alpha value is -4.41. The molecule has 1 aliphatic heterocycles. The maximum atomic E-state index is 13.5. The summed E-state index contributed by atoms with van der Waals surface area (Å²) in [5.74, 6) is 0.405. The molecule has 0 bridgehead atoms. The zero-order valence-corrected chi connectivity index (χ0v) is 18.9. The molecule has 1 amide bonds. The molecule has 1 atom stereocenters. The predicted octanol–water partition coefficient (Wildman–Crippen LogP) is 4.79. The third kappa shape index (κ3) is 4.59. The lowest BCUT2D eigenvalue weighted by molar-refractivity contribution is -0.274. The fourth-order valence-electron chi connectivity index (χ4n) is 4.16. The van der Waals surface area contributed by atoms with Crippen molar-refractivity contribution in [1.82, 2.24) is 20.4 Å². The third-order valence-corrected chi connectivity index (χ3v) is 5.73. The van der Waals surface area contributed by atoms with Crippen molar-refractivity contribution in [3.05, 3.63) is 89.6 Å². The van der Waals surface area contributed by atoms with E-state index in [0.717, 1.165) is 0 Å². The molecule has 1 unspecified atom stereocenters. The van der Waals surface area contributed by atoms with Gasteiger partial charge in [0, 0.05) is 30.7 Å². The van der Waals surface area contributed by atoms with Crippen LogP contribution in [0.25, 0.3) is 11.4 Å². The number of hydrogen-bond donors (Lipinski definition) is 1. The lowest BCUT2D eigenvalue weighted by Gasteiger charge is -2.39. The minimum atomic E-state index is -4.82. The highest BCUT2D eigenvalue weighted by Gasteiger charge is 2.43. The molecule has 184 valence electrons. The van der Waals surface area contributed by atoms with Gasteiger partial charge in [0.1, 0.15) is 22.7 Å². The summed E-state index contributed by atoms with van der Waals surface area (Å²) in [7, 11) is 0. The van der Waals surface area contributed by atoms with Gasteiger partial charge in [0.05, 0.1) is 6.61 Å². The summed E-state index contributed by atoms with van der Waals surface area (Å²) in [5.41, 5.74) is 0.724. The normalized spacial score (nSPS) is 17.1. The largest absolute Gasteiger partial charge is 0.573 e. The second-order valence-corrected chi connectivity index (χ2v) is 8.10. The maximum absolute atomic E-state index is 13.5. The van der Waals surface area contributed by atoms with Crippen LogP contribution in [0, 0.1) is 6.92 Å². The van der Waals surface area contributed by atoms with Gasteiger partial charge in [-0.15, -0.1) is 13.2 Å². The Morgan fingerprint density at radius 2 is 1.92 bits per heavy atom. The van der Waals surface area contributed by atoms with Gasteiger partial charge < -0.3 is 19.3 Å². The zero-order valence-electron chi connectivity index (χ0n) is 18.9. The molecule has 0 spiro atoms. The molecule has 3 heterocycles. The number of hydrogen-bond acceptors (Lipinski definition) is 7. The zero-order chi connectivity index (χ0) is 25.3. The molecule has 36 heavy (non-hydrogen) atoms. The Morgan fingerprint density at radius 3 is 2.64 bits per heavy atom. The van der Waals surface area contributed by atoms with Gasteiger partial charge in [-0.1, -0.05) is 29.4 Å². The van der Waals surface area contributed by atoms with Crippen LogP contribution in [-0.4, -0.2) is 34.0 Å².